The number of carbonyl (C=O) groups is 2. The fraction of sp³-hybridized carbons (Fsp3) is 0.261. The number of benzene rings is 1. The molecule has 2 amide bonds. The number of anilines is 1. The molecule has 9 heteroatoms. The maximum Gasteiger partial charge on any atom is 0.431 e. The number of rotatable bonds is 9. The number of carbonyl (C=O) groups excluding carboxylic acids is 2. The van der Waals surface area contributed by atoms with Crippen LogP contribution in [0.4, 0.5) is 18.9 Å². The summed E-state index contributed by atoms with van der Waals surface area (Å²) in [5.41, 5.74) is 0.303. The fourth-order valence-electron chi connectivity index (χ4n) is 2.82. The molecule has 1 aromatic carbocycles. The fourth-order valence-corrected chi connectivity index (χ4v) is 2.82. The first-order valence-corrected chi connectivity index (χ1v) is 9.84. The third-order valence-electron chi connectivity index (χ3n) is 4.66. The predicted octanol–water partition coefficient (Wildman–Crippen LogP) is 3.93. The Hall–Kier alpha value is -3.62. The van der Waals surface area contributed by atoms with Gasteiger partial charge in [-0.3, -0.25) is 14.6 Å². The van der Waals surface area contributed by atoms with Crippen LogP contribution in [0.15, 0.2) is 67.1 Å². The third kappa shape index (κ3) is 6.97. The van der Waals surface area contributed by atoms with Gasteiger partial charge in [0.1, 0.15) is 5.70 Å². The number of aromatic nitrogens is 1. The van der Waals surface area contributed by atoms with E-state index in [9.17, 15) is 22.8 Å². The van der Waals surface area contributed by atoms with Crippen LogP contribution in [0.2, 0.25) is 0 Å². The molecule has 2 N–H and O–H groups in total. The van der Waals surface area contributed by atoms with Gasteiger partial charge in [0.25, 0.3) is 5.91 Å². The summed E-state index contributed by atoms with van der Waals surface area (Å²) in [7, 11) is 2.83. The lowest BCUT2D eigenvalue weighted by atomic mass is 10.1. The Morgan fingerprint density at radius 1 is 1.16 bits per heavy atom. The summed E-state index contributed by atoms with van der Waals surface area (Å²) in [4.78, 5) is 28.3. The summed E-state index contributed by atoms with van der Waals surface area (Å²) in [6, 6.07) is 9.01. The highest BCUT2D eigenvalue weighted by Gasteiger charge is 2.37. The van der Waals surface area contributed by atoms with Crippen molar-refractivity contribution >= 4 is 23.1 Å². The van der Waals surface area contributed by atoms with Crippen molar-refractivity contribution < 1.29 is 22.8 Å². The SMILES string of the molecule is C=C(/C=C(\N(C)c1ccc(C(=O)NCCCC(=O)NC)cc1)C(F)(F)F)c1cccnc1. The predicted molar refractivity (Wildman–Crippen MR) is 118 cm³/mol. The number of nitrogens with zero attached hydrogens (tertiary/aromatic N) is 2. The van der Waals surface area contributed by atoms with E-state index >= 15 is 0 Å². The van der Waals surface area contributed by atoms with Crippen molar-refractivity contribution in [3.8, 4) is 0 Å². The second-order valence-corrected chi connectivity index (χ2v) is 6.93. The molecule has 0 atom stereocenters. The van der Waals surface area contributed by atoms with Crippen LogP contribution in [-0.4, -0.2) is 43.6 Å². The molecule has 0 spiro atoms. The standard InChI is InChI=1S/C23H25F3N4O2/c1-16(18-6-4-12-28-15-18)14-20(23(24,25)26)30(3)19-10-8-17(9-11-19)22(32)29-13-5-7-21(31)27-2/h4,6,8-12,14-15H,1,5,7,13H2,2-3H3,(H,27,31)(H,29,32)/b20-14-. The molecule has 170 valence electrons. The summed E-state index contributed by atoms with van der Waals surface area (Å²) in [5, 5.41) is 5.17. The maximum atomic E-state index is 13.7. The second-order valence-electron chi connectivity index (χ2n) is 6.93. The third-order valence-corrected chi connectivity index (χ3v) is 4.66. The van der Waals surface area contributed by atoms with E-state index in [0.29, 0.717) is 24.1 Å². The van der Waals surface area contributed by atoms with Gasteiger partial charge in [0.2, 0.25) is 5.91 Å². The van der Waals surface area contributed by atoms with Gasteiger partial charge in [-0.25, -0.2) is 0 Å². The van der Waals surface area contributed by atoms with E-state index < -0.39 is 11.9 Å². The number of hydrogen-bond acceptors (Lipinski definition) is 4. The first kappa shape index (κ1) is 24.6. The van der Waals surface area contributed by atoms with Crippen LogP contribution in [0, 0.1) is 0 Å². The Labute approximate surface area is 184 Å². The van der Waals surface area contributed by atoms with Crippen molar-refractivity contribution in [1.82, 2.24) is 15.6 Å². The van der Waals surface area contributed by atoms with E-state index in [2.05, 4.69) is 22.2 Å². The number of hydrogen-bond donors (Lipinski definition) is 2. The molecule has 0 unspecified atom stereocenters. The zero-order valence-electron chi connectivity index (χ0n) is 17.9. The second kappa shape index (κ2) is 11.1. The summed E-state index contributed by atoms with van der Waals surface area (Å²) in [5.74, 6) is -0.487. The van der Waals surface area contributed by atoms with Crippen LogP contribution in [0.25, 0.3) is 5.57 Å². The molecule has 0 aliphatic heterocycles. The molecule has 0 saturated carbocycles. The van der Waals surface area contributed by atoms with Crippen LogP contribution < -0.4 is 15.5 Å². The summed E-state index contributed by atoms with van der Waals surface area (Å²) in [6.45, 7) is 4.03. The molecule has 2 rings (SSSR count). The van der Waals surface area contributed by atoms with Crippen molar-refractivity contribution in [1.29, 1.82) is 0 Å². The lowest BCUT2D eigenvalue weighted by Crippen LogP contribution is -2.29. The molecule has 1 heterocycles. The number of allylic oxidation sites excluding steroid dienone is 3. The molecule has 0 bridgehead atoms. The molecule has 6 nitrogen and oxygen atoms in total. The van der Waals surface area contributed by atoms with Crippen molar-refractivity contribution in [3.63, 3.8) is 0 Å². The summed E-state index contributed by atoms with van der Waals surface area (Å²) in [6.07, 6.45) is 0.0703. The van der Waals surface area contributed by atoms with Gasteiger partial charge in [-0.2, -0.15) is 13.2 Å². The van der Waals surface area contributed by atoms with Crippen LogP contribution >= 0.6 is 0 Å². The Balaban J connectivity index is 2.12. The zero-order valence-corrected chi connectivity index (χ0v) is 17.9. The number of halogens is 3. The lowest BCUT2D eigenvalue weighted by Gasteiger charge is -2.25. The number of nitrogens with one attached hydrogen (secondary N) is 2. The van der Waals surface area contributed by atoms with E-state index in [-0.39, 0.29) is 29.5 Å². The summed E-state index contributed by atoms with van der Waals surface area (Å²) < 4.78 is 41.2. The van der Waals surface area contributed by atoms with E-state index in [4.69, 9.17) is 0 Å². The molecular formula is C23H25F3N4O2. The molecule has 2 aromatic rings. The van der Waals surface area contributed by atoms with Gasteiger partial charge in [-0.1, -0.05) is 12.6 Å². The average Bonchev–Trinajstić information content (AvgIpc) is 2.79. The minimum Gasteiger partial charge on any atom is -0.359 e. The monoisotopic (exact) mass is 446 g/mol. The Morgan fingerprint density at radius 2 is 1.84 bits per heavy atom. The highest BCUT2D eigenvalue weighted by molar-refractivity contribution is 5.94. The van der Waals surface area contributed by atoms with Crippen LogP contribution in [0.3, 0.4) is 0 Å². The van der Waals surface area contributed by atoms with Gasteiger partial charge in [0.15, 0.2) is 0 Å². The van der Waals surface area contributed by atoms with E-state index in [1.165, 1.54) is 50.8 Å². The molecule has 0 radical (unpaired) electrons. The van der Waals surface area contributed by atoms with E-state index in [1.807, 2.05) is 0 Å². The smallest absolute Gasteiger partial charge is 0.359 e. The van der Waals surface area contributed by atoms with Crippen LogP contribution in [-0.2, 0) is 4.79 Å². The average molecular weight is 446 g/mol. The van der Waals surface area contributed by atoms with Gasteiger partial charge >= 0.3 is 6.18 Å². The molecule has 0 aliphatic carbocycles. The van der Waals surface area contributed by atoms with E-state index in [1.54, 1.807) is 12.1 Å². The van der Waals surface area contributed by atoms with E-state index in [0.717, 1.165) is 11.0 Å². The normalized spacial score (nSPS) is 11.6. The van der Waals surface area contributed by atoms with Crippen LogP contribution in [0.5, 0.6) is 0 Å². The topological polar surface area (TPSA) is 74.3 Å². The van der Waals surface area contributed by atoms with Crippen molar-refractivity contribution in [2.75, 3.05) is 25.5 Å². The van der Waals surface area contributed by atoms with Gasteiger partial charge in [0, 0.05) is 50.7 Å². The first-order valence-electron chi connectivity index (χ1n) is 9.84. The largest absolute Gasteiger partial charge is 0.431 e. The molecule has 0 aliphatic rings. The number of amides is 2. The molecule has 32 heavy (non-hydrogen) atoms. The highest BCUT2D eigenvalue weighted by Crippen LogP contribution is 2.33. The number of alkyl halides is 3. The first-order chi connectivity index (χ1) is 15.1. The van der Waals surface area contributed by atoms with Gasteiger partial charge in [0.05, 0.1) is 0 Å². The van der Waals surface area contributed by atoms with Gasteiger partial charge in [-0.15, -0.1) is 0 Å². The zero-order chi connectivity index (χ0) is 23.7. The van der Waals surface area contributed by atoms with Crippen molar-refractivity contribution in [3.05, 3.63) is 78.3 Å². The Kier molecular flexibility index (Phi) is 8.57. The van der Waals surface area contributed by atoms with Gasteiger partial charge in [-0.05, 0) is 54.0 Å². The Bertz CT molecular complexity index is 971. The summed E-state index contributed by atoms with van der Waals surface area (Å²) >= 11 is 0. The van der Waals surface area contributed by atoms with Crippen molar-refractivity contribution in [2.45, 2.75) is 19.0 Å². The maximum absolute atomic E-state index is 13.7. The van der Waals surface area contributed by atoms with Gasteiger partial charge < -0.3 is 15.5 Å². The van der Waals surface area contributed by atoms with Crippen molar-refractivity contribution in [2.24, 2.45) is 0 Å². The number of pyridine rings is 1. The quantitative estimate of drug-likeness (QED) is 0.452. The minimum atomic E-state index is -4.62. The minimum absolute atomic E-state index is 0.119. The molecule has 1 aromatic heterocycles. The Morgan fingerprint density at radius 3 is 2.41 bits per heavy atom. The molecular weight excluding hydrogens is 421 g/mol. The van der Waals surface area contributed by atoms with Crippen LogP contribution in [0.1, 0.15) is 28.8 Å². The molecule has 0 fully saturated rings. The molecule has 0 saturated heterocycles. The lowest BCUT2D eigenvalue weighted by molar-refractivity contribution is -0.120. The highest BCUT2D eigenvalue weighted by atomic mass is 19.4.